The standard InChI is InChI=1S/C19H26N2O3S2/c1-3-9-17(16-10-5-4-6-11-16)20-18(22)12-7-14-21(2)26(23,24)19-13-8-15-25-19/h4-6,8,10-11,13,15,17H,3,7,9,12,14H2,1-2H3,(H,20,22). The molecule has 0 fully saturated rings. The number of hydrogen-bond acceptors (Lipinski definition) is 4. The first kappa shape index (κ1) is 20.6. The maximum absolute atomic E-state index is 12.4. The van der Waals surface area contributed by atoms with Crippen LogP contribution in [0, 0.1) is 0 Å². The number of thiophene rings is 1. The molecule has 0 saturated heterocycles. The van der Waals surface area contributed by atoms with Crippen molar-refractivity contribution in [2.45, 2.75) is 42.9 Å². The highest BCUT2D eigenvalue weighted by Gasteiger charge is 2.21. The van der Waals surface area contributed by atoms with Crippen molar-refractivity contribution in [3.05, 3.63) is 53.4 Å². The number of rotatable bonds is 10. The highest BCUT2D eigenvalue weighted by atomic mass is 32.2. The van der Waals surface area contributed by atoms with Crippen molar-refractivity contribution in [1.82, 2.24) is 9.62 Å². The van der Waals surface area contributed by atoms with E-state index in [0.29, 0.717) is 23.6 Å². The van der Waals surface area contributed by atoms with Crippen molar-refractivity contribution < 1.29 is 13.2 Å². The minimum Gasteiger partial charge on any atom is -0.349 e. The second-order valence-electron chi connectivity index (χ2n) is 6.18. The number of nitrogens with one attached hydrogen (secondary N) is 1. The van der Waals surface area contributed by atoms with Gasteiger partial charge in [-0.25, -0.2) is 12.7 Å². The zero-order chi connectivity index (χ0) is 19.0. The quantitative estimate of drug-likeness (QED) is 0.666. The van der Waals surface area contributed by atoms with Crippen LogP contribution in [0.5, 0.6) is 0 Å². The number of nitrogens with zero attached hydrogens (tertiary/aromatic N) is 1. The Balaban J connectivity index is 1.84. The first-order valence-corrected chi connectivity index (χ1v) is 11.1. The normalized spacial score (nSPS) is 12.9. The molecule has 0 radical (unpaired) electrons. The first-order valence-electron chi connectivity index (χ1n) is 8.79. The van der Waals surface area contributed by atoms with Gasteiger partial charge < -0.3 is 5.32 Å². The average molecular weight is 395 g/mol. The van der Waals surface area contributed by atoms with Gasteiger partial charge in [-0.05, 0) is 29.9 Å². The van der Waals surface area contributed by atoms with Crippen molar-refractivity contribution in [3.63, 3.8) is 0 Å². The first-order chi connectivity index (χ1) is 12.4. The van der Waals surface area contributed by atoms with Crippen molar-refractivity contribution >= 4 is 27.3 Å². The van der Waals surface area contributed by atoms with Gasteiger partial charge in [0.05, 0.1) is 6.04 Å². The number of carbonyl (C=O) groups excluding carboxylic acids is 1. The summed E-state index contributed by atoms with van der Waals surface area (Å²) in [6.45, 7) is 2.41. The van der Waals surface area contributed by atoms with Gasteiger partial charge in [-0.1, -0.05) is 49.7 Å². The van der Waals surface area contributed by atoms with Crippen LogP contribution in [-0.2, 0) is 14.8 Å². The van der Waals surface area contributed by atoms with Crippen molar-refractivity contribution in [3.8, 4) is 0 Å². The summed E-state index contributed by atoms with van der Waals surface area (Å²) in [6, 6.07) is 13.2. The lowest BCUT2D eigenvalue weighted by atomic mass is 10.0. The van der Waals surface area contributed by atoms with Gasteiger partial charge >= 0.3 is 0 Å². The largest absolute Gasteiger partial charge is 0.349 e. The van der Waals surface area contributed by atoms with E-state index in [1.807, 2.05) is 30.3 Å². The second kappa shape index (κ2) is 9.85. The van der Waals surface area contributed by atoms with E-state index < -0.39 is 10.0 Å². The zero-order valence-corrected chi connectivity index (χ0v) is 16.9. The second-order valence-corrected chi connectivity index (χ2v) is 9.40. The monoisotopic (exact) mass is 394 g/mol. The molecule has 5 nitrogen and oxygen atoms in total. The summed E-state index contributed by atoms with van der Waals surface area (Å²) in [7, 11) is -1.90. The summed E-state index contributed by atoms with van der Waals surface area (Å²) in [4.78, 5) is 12.3. The minimum atomic E-state index is -3.45. The molecule has 142 valence electrons. The van der Waals surface area contributed by atoms with Gasteiger partial charge in [0, 0.05) is 20.0 Å². The highest BCUT2D eigenvalue weighted by molar-refractivity contribution is 7.91. The summed E-state index contributed by atoms with van der Waals surface area (Å²) < 4.78 is 26.3. The Morgan fingerprint density at radius 3 is 2.54 bits per heavy atom. The van der Waals surface area contributed by atoms with Crippen molar-refractivity contribution in [2.24, 2.45) is 0 Å². The summed E-state index contributed by atoms with van der Waals surface area (Å²) in [5.74, 6) is -0.0470. The van der Waals surface area contributed by atoms with Crippen LogP contribution in [0.15, 0.2) is 52.1 Å². The van der Waals surface area contributed by atoms with Crippen LogP contribution in [0.2, 0.25) is 0 Å². The van der Waals surface area contributed by atoms with Crippen LogP contribution in [0.4, 0.5) is 0 Å². The molecule has 0 spiro atoms. The SMILES string of the molecule is CCCC(NC(=O)CCCN(C)S(=O)(=O)c1cccs1)c1ccccc1. The van der Waals surface area contributed by atoms with Crippen molar-refractivity contribution in [2.75, 3.05) is 13.6 Å². The van der Waals surface area contributed by atoms with Crippen LogP contribution < -0.4 is 5.32 Å². The summed E-state index contributed by atoms with van der Waals surface area (Å²) in [6.07, 6.45) is 2.64. The topological polar surface area (TPSA) is 66.5 Å². The number of benzene rings is 1. The predicted molar refractivity (Wildman–Crippen MR) is 106 cm³/mol. The van der Waals surface area contributed by atoms with E-state index in [-0.39, 0.29) is 11.9 Å². The Hall–Kier alpha value is -1.70. The fraction of sp³-hybridized carbons (Fsp3) is 0.421. The molecule has 2 aromatic rings. The molecule has 1 amide bonds. The zero-order valence-electron chi connectivity index (χ0n) is 15.2. The summed E-state index contributed by atoms with van der Waals surface area (Å²) in [5, 5.41) is 4.81. The molecule has 1 aromatic carbocycles. The van der Waals surface area contributed by atoms with Gasteiger partial charge in [0.25, 0.3) is 10.0 Å². The van der Waals surface area contributed by atoms with Gasteiger partial charge in [0.1, 0.15) is 4.21 Å². The van der Waals surface area contributed by atoms with E-state index in [4.69, 9.17) is 0 Å². The molecule has 1 atom stereocenters. The lowest BCUT2D eigenvalue weighted by molar-refractivity contribution is -0.122. The molecule has 1 heterocycles. The van der Waals surface area contributed by atoms with E-state index in [0.717, 1.165) is 18.4 Å². The molecule has 1 aromatic heterocycles. The lowest BCUT2D eigenvalue weighted by Gasteiger charge is -2.19. The Bertz CT molecular complexity index is 774. The highest BCUT2D eigenvalue weighted by Crippen LogP contribution is 2.20. The lowest BCUT2D eigenvalue weighted by Crippen LogP contribution is -2.31. The molecular formula is C19H26N2O3S2. The third-order valence-electron chi connectivity index (χ3n) is 4.15. The van der Waals surface area contributed by atoms with Crippen LogP contribution in [0.25, 0.3) is 0 Å². The number of carbonyl (C=O) groups is 1. The molecule has 1 unspecified atom stereocenters. The molecular weight excluding hydrogens is 368 g/mol. The summed E-state index contributed by atoms with van der Waals surface area (Å²) in [5.41, 5.74) is 1.10. The maximum atomic E-state index is 12.4. The van der Waals surface area contributed by atoms with E-state index >= 15 is 0 Å². The van der Waals surface area contributed by atoms with Crippen molar-refractivity contribution in [1.29, 1.82) is 0 Å². The molecule has 2 rings (SSSR count). The fourth-order valence-electron chi connectivity index (χ4n) is 2.71. The molecule has 0 saturated carbocycles. The third-order valence-corrected chi connectivity index (χ3v) is 7.38. The van der Waals surface area contributed by atoms with Crippen LogP contribution in [-0.4, -0.2) is 32.2 Å². The van der Waals surface area contributed by atoms with E-state index in [1.54, 1.807) is 24.6 Å². The van der Waals surface area contributed by atoms with Gasteiger partial charge in [0.2, 0.25) is 5.91 Å². The Kier molecular flexibility index (Phi) is 7.81. The van der Waals surface area contributed by atoms with E-state index in [1.165, 1.54) is 15.6 Å². The van der Waals surface area contributed by atoms with Gasteiger partial charge in [-0.15, -0.1) is 11.3 Å². The van der Waals surface area contributed by atoms with Gasteiger partial charge in [-0.3, -0.25) is 4.79 Å². The minimum absolute atomic E-state index is 0.00119. The number of hydrogen-bond donors (Lipinski definition) is 1. The number of sulfonamides is 1. The van der Waals surface area contributed by atoms with E-state index in [9.17, 15) is 13.2 Å². The maximum Gasteiger partial charge on any atom is 0.252 e. The molecule has 0 aliphatic heterocycles. The summed E-state index contributed by atoms with van der Waals surface area (Å²) >= 11 is 1.20. The van der Waals surface area contributed by atoms with Crippen LogP contribution in [0.3, 0.4) is 0 Å². The van der Waals surface area contributed by atoms with Gasteiger partial charge in [-0.2, -0.15) is 0 Å². The Morgan fingerprint density at radius 2 is 1.92 bits per heavy atom. The average Bonchev–Trinajstić information content (AvgIpc) is 3.17. The Morgan fingerprint density at radius 1 is 1.19 bits per heavy atom. The molecule has 7 heteroatoms. The number of amides is 1. The van der Waals surface area contributed by atoms with E-state index in [2.05, 4.69) is 12.2 Å². The van der Waals surface area contributed by atoms with Gasteiger partial charge in [0.15, 0.2) is 0 Å². The molecule has 0 aliphatic carbocycles. The molecule has 0 aliphatic rings. The van der Waals surface area contributed by atoms with Crippen LogP contribution >= 0.6 is 11.3 Å². The predicted octanol–water partition coefficient (Wildman–Crippen LogP) is 3.81. The third kappa shape index (κ3) is 5.65. The van der Waals surface area contributed by atoms with Crippen LogP contribution in [0.1, 0.15) is 44.2 Å². The molecule has 1 N–H and O–H groups in total. The Labute approximate surface area is 160 Å². The molecule has 26 heavy (non-hydrogen) atoms. The molecule has 0 bridgehead atoms. The fourth-order valence-corrected chi connectivity index (χ4v) is 5.12. The smallest absolute Gasteiger partial charge is 0.252 e.